The molecule has 0 heterocycles. The molecule has 13 heavy (non-hydrogen) atoms. The highest BCUT2D eigenvalue weighted by Gasteiger charge is 2.38. The van der Waals surface area contributed by atoms with Crippen LogP contribution in [0.2, 0.25) is 0 Å². The van der Waals surface area contributed by atoms with E-state index in [1.54, 1.807) is 19.3 Å². The molecule has 0 aliphatic heterocycles. The first-order chi connectivity index (χ1) is 5.79. The lowest BCUT2D eigenvalue weighted by Crippen LogP contribution is -2.22. The van der Waals surface area contributed by atoms with E-state index in [2.05, 4.69) is 13.8 Å². The van der Waals surface area contributed by atoms with Crippen LogP contribution in [-0.2, 0) is 0 Å². The molecule has 0 aromatic heterocycles. The van der Waals surface area contributed by atoms with E-state index in [-0.39, 0.29) is 7.43 Å². The van der Waals surface area contributed by atoms with Gasteiger partial charge >= 0.3 is 0 Å². The Morgan fingerprint density at radius 2 is 1.62 bits per heavy atom. The van der Waals surface area contributed by atoms with E-state index in [0.717, 1.165) is 23.7 Å². The van der Waals surface area contributed by atoms with Gasteiger partial charge in [0.1, 0.15) is 0 Å². The van der Waals surface area contributed by atoms with Gasteiger partial charge in [-0.05, 0) is 42.9 Å². The van der Waals surface area contributed by atoms with E-state index in [9.17, 15) is 0 Å². The summed E-state index contributed by atoms with van der Waals surface area (Å²) in [6, 6.07) is 0. The fourth-order valence-electron chi connectivity index (χ4n) is 3.61. The minimum Gasteiger partial charge on any atom is -0.0776 e. The first-order valence-electron chi connectivity index (χ1n) is 5.79. The lowest BCUT2D eigenvalue weighted by Gasteiger charge is -2.31. The molecule has 0 bridgehead atoms. The zero-order valence-electron chi connectivity index (χ0n) is 8.55. The molecule has 0 spiro atoms. The Bertz CT molecular complexity index is 148. The molecule has 2 fully saturated rings. The van der Waals surface area contributed by atoms with Gasteiger partial charge in [0.25, 0.3) is 0 Å². The molecule has 0 amide bonds. The highest BCUT2D eigenvalue weighted by Crippen LogP contribution is 2.48. The molecule has 0 saturated heterocycles. The molecule has 0 aromatic rings. The normalized spacial score (nSPS) is 38.5. The lowest BCUT2D eigenvalue weighted by atomic mass is 9.75. The van der Waals surface area contributed by atoms with E-state index >= 15 is 0 Å². The molecule has 0 heteroatoms. The molecule has 2 aliphatic rings. The fourth-order valence-corrected chi connectivity index (χ4v) is 3.61. The van der Waals surface area contributed by atoms with Crippen molar-refractivity contribution in [2.45, 2.75) is 59.8 Å². The second kappa shape index (κ2) is 4.48. The van der Waals surface area contributed by atoms with Gasteiger partial charge in [0.2, 0.25) is 0 Å². The van der Waals surface area contributed by atoms with E-state index in [0.29, 0.717) is 0 Å². The Hall–Kier alpha value is 0. The summed E-state index contributed by atoms with van der Waals surface area (Å²) in [6.07, 6.45) is 9.22. The smallest absolute Gasteiger partial charge is 0.0355 e. The molecule has 2 saturated carbocycles. The predicted molar refractivity (Wildman–Crippen MR) is 59.7 cm³/mol. The summed E-state index contributed by atoms with van der Waals surface area (Å²) in [5.41, 5.74) is 0. The fraction of sp³-hybridized carbons (Fsp3) is 1.00. The topological polar surface area (TPSA) is 0 Å². The Labute approximate surface area is 84.1 Å². The zero-order valence-corrected chi connectivity index (χ0v) is 8.55. The average molecular weight is 182 g/mol. The third kappa shape index (κ3) is 2.08. The van der Waals surface area contributed by atoms with Gasteiger partial charge in [0, 0.05) is 0 Å². The molecule has 0 N–H and O–H groups in total. The molecule has 0 aromatic carbocycles. The van der Waals surface area contributed by atoms with Gasteiger partial charge in [-0.3, -0.25) is 0 Å². The van der Waals surface area contributed by atoms with Gasteiger partial charge in [-0.25, -0.2) is 0 Å². The molecule has 2 aliphatic carbocycles. The van der Waals surface area contributed by atoms with Crippen LogP contribution in [0.5, 0.6) is 0 Å². The number of hydrogen-bond acceptors (Lipinski definition) is 0. The minimum absolute atomic E-state index is 0. The van der Waals surface area contributed by atoms with Crippen molar-refractivity contribution >= 4 is 0 Å². The zero-order chi connectivity index (χ0) is 8.55. The van der Waals surface area contributed by atoms with Crippen LogP contribution in [0, 0.1) is 23.7 Å². The van der Waals surface area contributed by atoms with Crippen LogP contribution < -0.4 is 0 Å². The van der Waals surface area contributed by atoms with E-state index < -0.39 is 0 Å². The van der Waals surface area contributed by atoms with Crippen LogP contribution in [-0.4, -0.2) is 0 Å². The predicted octanol–water partition coefficient (Wildman–Crippen LogP) is 4.49. The summed E-state index contributed by atoms with van der Waals surface area (Å²) in [4.78, 5) is 0. The molecule has 3 atom stereocenters. The first kappa shape index (κ1) is 11.1. The van der Waals surface area contributed by atoms with Gasteiger partial charge in [-0.2, -0.15) is 0 Å². The third-order valence-corrected chi connectivity index (χ3v) is 4.24. The maximum absolute atomic E-state index is 2.42. The average Bonchev–Trinajstić information content (AvgIpc) is 2.47. The monoisotopic (exact) mass is 182 g/mol. The van der Waals surface area contributed by atoms with E-state index in [1.807, 2.05) is 0 Å². The molecule has 78 valence electrons. The largest absolute Gasteiger partial charge is 0.0776 e. The standard InChI is InChI=1S/C12H22.CH4/c1-9(2)11-8-7-10-5-3-4-6-12(10)11;/h9-12H,3-8H2,1-2H3;1H4. The molecular weight excluding hydrogens is 156 g/mol. The Morgan fingerprint density at radius 3 is 2.31 bits per heavy atom. The van der Waals surface area contributed by atoms with Crippen LogP contribution >= 0.6 is 0 Å². The minimum atomic E-state index is 0. The van der Waals surface area contributed by atoms with Crippen LogP contribution in [0.4, 0.5) is 0 Å². The van der Waals surface area contributed by atoms with Crippen LogP contribution in [0.1, 0.15) is 59.8 Å². The van der Waals surface area contributed by atoms with Crippen molar-refractivity contribution in [2.75, 3.05) is 0 Å². The van der Waals surface area contributed by atoms with Gasteiger partial charge in [0.15, 0.2) is 0 Å². The Kier molecular flexibility index (Phi) is 3.82. The Morgan fingerprint density at radius 1 is 0.923 bits per heavy atom. The van der Waals surface area contributed by atoms with E-state index in [1.165, 1.54) is 19.3 Å². The molecule has 0 nitrogen and oxygen atoms in total. The summed E-state index contributed by atoms with van der Waals surface area (Å²) < 4.78 is 0. The third-order valence-electron chi connectivity index (χ3n) is 4.24. The van der Waals surface area contributed by atoms with Gasteiger partial charge < -0.3 is 0 Å². The van der Waals surface area contributed by atoms with Gasteiger partial charge in [-0.15, -0.1) is 0 Å². The highest BCUT2D eigenvalue weighted by atomic mass is 14.4. The second-order valence-corrected chi connectivity index (χ2v) is 5.19. The van der Waals surface area contributed by atoms with Crippen molar-refractivity contribution in [3.05, 3.63) is 0 Å². The summed E-state index contributed by atoms with van der Waals surface area (Å²) in [6.45, 7) is 4.84. The summed E-state index contributed by atoms with van der Waals surface area (Å²) in [5.74, 6) is 4.28. The van der Waals surface area contributed by atoms with E-state index in [4.69, 9.17) is 0 Å². The summed E-state index contributed by atoms with van der Waals surface area (Å²) in [5, 5.41) is 0. The SMILES string of the molecule is C.CC(C)C1CCC2CCCCC21. The molecule has 0 radical (unpaired) electrons. The highest BCUT2D eigenvalue weighted by molar-refractivity contribution is 4.88. The van der Waals surface area contributed by atoms with Crippen molar-refractivity contribution in [3.8, 4) is 0 Å². The van der Waals surface area contributed by atoms with Gasteiger partial charge in [0.05, 0.1) is 0 Å². The maximum atomic E-state index is 2.42. The second-order valence-electron chi connectivity index (χ2n) is 5.19. The maximum Gasteiger partial charge on any atom is -0.0355 e. The number of fused-ring (bicyclic) bond motifs is 1. The van der Waals surface area contributed by atoms with Crippen molar-refractivity contribution in [3.63, 3.8) is 0 Å². The summed E-state index contributed by atoms with van der Waals surface area (Å²) >= 11 is 0. The molecule has 2 rings (SSSR count). The quantitative estimate of drug-likeness (QED) is 0.560. The Balaban J connectivity index is 0.000000845. The number of hydrogen-bond donors (Lipinski definition) is 0. The first-order valence-corrected chi connectivity index (χ1v) is 5.79. The van der Waals surface area contributed by atoms with Gasteiger partial charge in [-0.1, -0.05) is 40.5 Å². The van der Waals surface area contributed by atoms with Crippen molar-refractivity contribution in [2.24, 2.45) is 23.7 Å². The molecule has 3 unspecified atom stereocenters. The van der Waals surface area contributed by atoms with Crippen molar-refractivity contribution in [1.29, 1.82) is 0 Å². The summed E-state index contributed by atoms with van der Waals surface area (Å²) in [7, 11) is 0. The van der Waals surface area contributed by atoms with Crippen LogP contribution in [0.3, 0.4) is 0 Å². The van der Waals surface area contributed by atoms with Crippen molar-refractivity contribution in [1.82, 2.24) is 0 Å². The lowest BCUT2D eigenvalue weighted by molar-refractivity contribution is 0.193. The van der Waals surface area contributed by atoms with Crippen LogP contribution in [0.15, 0.2) is 0 Å². The molecular formula is C13H26. The van der Waals surface area contributed by atoms with Crippen molar-refractivity contribution < 1.29 is 0 Å². The number of rotatable bonds is 1. The van der Waals surface area contributed by atoms with Crippen LogP contribution in [0.25, 0.3) is 0 Å².